The maximum Gasteiger partial charge on any atom is 0.338 e. The Bertz CT molecular complexity index is 764. The first-order chi connectivity index (χ1) is 13.5. The molecule has 3 fully saturated rings. The van der Waals surface area contributed by atoms with Gasteiger partial charge in [0.25, 0.3) is 0 Å². The second-order valence-corrected chi connectivity index (χ2v) is 10.0. The van der Waals surface area contributed by atoms with Crippen molar-refractivity contribution in [3.05, 3.63) is 29.8 Å². The Morgan fingerprint density at radius 2 is 1.61 bits per heavy atom. The number of amides is 2. The van der Waals surface area contributed by atoms with Crippen molar-refractivity contribution in [3.63, 3.8) is 0 Å². The van der Waals surface area contributed by atoms with E-state index in [1.807, 2.05) is 0 Å². The Labute approximate surface area is 181 Å². The quantitative estimate of drug-likeness (QED) is 0.246. The number of nitrogens with zero attached hydrogens (tertiary/aromatic N) is 1. The molecule has 2 aliphatic carbocycles. The first kappa shape index (κ1) is 20.1. The van der Waals surface area contributed by atoms with E-state index in [1.54, 1.807) is 24.3 Å². The zero-order valence-corrected chi connectivity index (χ0v) is 18.8. The topological polar surface area (TPSA) is 63.7 Å². The van der Waals surface area contributed by atoms with Crippen molar-refractivity contribution in [1.82, 2.24) is 0 Å². The average molecular weight is 513 g/mol. The molecule has 3 aliphatic rings. The van der Waals surface area contributed by atoms with Crippen LogP contribution in [0.15, 0.2) is 24.3 Å². The average Bonchev–Trinajstić information content (AvgIpc) is 3.30. The van der Waals surface area contributed by atoms with Crippen LogP contribution >= 0.6 is 31.9 Å². The highest BCUT2D eigenvalue weighted by Crippen LogP contribution is 2.60. The number of unbranched alkanes of at least 4 members (excludes halogenated alkanes) is 2. The first-order valence-electron chi connectivity index (χ1n) is 9.88. The molecular weight excluding hydrogens is 490 g/mol. The highest BCUT2D eigenvalue weighted by Gasteiger charge is 2.66. The Balaban J connectivity index is 1.47. The SMILES string of the molecule is CCCCCOC(=O)c1ccc(N2C(=O)[C@@H]3[C@H]4C[C@H]([C@H](Br)[C@@H]4Br)[C@@H]3C2=O)cc1. The number of hydrogen-bond donors (Lipinski definition) is 0. The van der Waals surface area contributed by atoms with Gasteiger partial charge in [-0.05, 0) is 48.9 Å². The molecule has 1 heterocycles. The summed E-state index contributed by atoms with van der Waals surface area (Å²) in [6.07, 6.45) is 3.86. The predicted molar refractivity (Wildman–Crippen MR) is 113 cm³/mol. The molecule has 4 rings (SSSR count). The first-order valence-corrected chi connectivity index (χ1v) is 11.7. The van der Waals surface area contributed by atoms with Gasteiger partial charge in [-0.25, -0.2) is 4.79 Å². The second kappa shape index (κ2) is 7.90. The van der Waals surface area contributed by atoms with Crippen LogP contribution in [0.2, 0.25) is 0 Å². The minimum absolute atomic E-state index is 0.110. The van der Waals surface area contributed by atoms with Crippen LogP contribution in [0.1, 0.15) is 43.0 Å². The van der Waals surface area contributed by atoms with Crippen molar-refractivity contribution in [2.75, 3.05) is 11.5 Å². The Morgan fingerprint density at radius 1 is 1.04 bits per heavy atom. The standard InChI is InChI=1S/C21H23Br2NO4/c1-2-3-4-9-28-21(27)11-5-7-12(8-6-11)24-19(25)15-13-10-14(16(15)20(24)26)18(23)17(13)22/h5-8,13-18H,2-4,9-10H2,1H3/t13-,14+,15-,16+,17-,18+. The predicted octanol–water partition coefficient (Wildman–Crippen LogP) is 4.32. The van der Waals surface area contributed by atoms with Crippen molar-refractivity contribution in [3.8, 4) is 0 Å². The lowest BCUT2D eigenvalue weighted by Crippen LogP contribution is -2.37. The second-order valence-electron chi connectivity index (χ2n) is 7.91. The van der Waals surface area contributed by atoms with Gasteiger partial charge in [0.2, 0.25) is 11.8 Å². The van der Waals surface area contributed by atoms with Crippen molar-refractivity contribution < 1.29 is 19.1 Å². The summed E-state index contributed by atoms with van der Waals surface area (Å²) in [5.74, 6) is -0.683. The molecule has 7 heteroatoms. The fourth-order valence-electron chi connectivity index (χ4n) is 4.95. The summed E-state index contributed by atoms with van der Waals surface area (Å²) in [6.45, 7) is 2.50. The van der Waals surface area contributed by atoms with Crippen molar-refractivity contribution >= 4 is 55.3 Å². The normalized spacial score (nSPS) is 33.5. The van der Waals surface area contributed by atoms with Crippen LogP contribution in [0, 0.1) is 23.7 Å². The molecule has 1 aliphatic heterocycles. The van der Waals surface area contributed by atoms with Gasteiger partial charge in [0.05, 0.1) is 29.7 Å². The number of esters is 1. The number of ether oxygens (including phenoxy) is 1. The third kappa shape index (κ3) is 3.15. The number of anilines is 1. The third-order valence-electron chi connectivity index (χ3n) is 6.33. The molecule has 1 aromatic rings. The van der Waals surface area contributed by atoms with Gasteiger partial charge in [-0.3, -0.25) is 14.5 Å². The monoisotopic (exact) mass is 511 g/mol. The third-order valence-corrected chi connectivity index (χ3v) is 9.54. The molecule has 0 N–H and O–H groups in total. The van der Waals surface area contributed by atoms with Crippen LogP contribution in [0.3, 0.4) is 0 Å². The minimum atomic E-state index is -0.374. The Morgan fingerprint density at radius 3 is 2.14 bits per heavy atom. The fraction of sp³-hybridized carbons (Fsp3) is 0.571. The van der Waals surface area contributed by atoms with E-state index in [2.05, 4.69) is 38.8 Å². The molecule has 1 aromatic carbocycles. The maximum atomic E-state index is 13.0. The number of imide groups is 1. The lowest BCUT2D eigenvalue weighted by Gasteiger charge is -2.28. The van der Waals surface area contributed by atoms with Gasteiger partial charge in [-0.15, -0.1) is 0 Å². The molecule has 2 saturated carbocycles. The molecule has 150 valence electrons. The molecule has 2 amide bonds. The summed E-state index contributed by atoms with van der Waals surface area (Å²) in [7, 11) is 0. The molecule has 2 bridgehead atoms. The number of rotatable bonds is 6. The molecule has 0 unspecified atom stereocenters. The van der Waals surface area contributed by atoms with Crippen LogP contribution in [0.25, 0.3) is 0 Å². The van der Waals surface area contributed by atoms with E-state index in [4.69, 9.17) is 4.74 Å². The molecule has 6 atom stereocenters. The number of hydrogen-bond acceptors (Lipinski definition) is 4. The number of benzene rings is 1. The van der Waals surface area contributed by atoms with Gasteiger partial charge >= 0.3 is 5.97 Å². The molecule has 0 radical (unpaired) electrons. The van der Waals surface area contributed by atoms with E-state index in [9.17, 15) is 14.4 Å². The van der Waals surface area contributed by atoms with Crippen LogP contribution in [0.4, 0.5) is 5.69 Å². The van der Waals surface area contributed by atoms with E-state index >= 15 is 0 Å². The summed E-state index contributed by atoms with van der Waals surface area (Å²) in [6, 6.07) is 6.58. The zero-order chi connectivity index (χ0) is 20.0. The smallest absolute Gasteiger partial charge is 0.338 e. The van der Waals surface area contributed by atoms with E-state index in [1.165, 1.54) is 4.90 Å². The van der Waals surface area contributed by atoms with Gasteiger partial charge in [0, 0.05) is 9.65 Å². The van der Waals surface area contributed by atoms with E-state index in [0.717, 1.165) is 25.7 Å². The highest BCUT2D eigenvalue weighted by molar-refractivity contribution is 9.12. The number of carbonyl (C=O) groups is 3. The van der Waals surface area contributed by atoms with Gasteiger partial charge < -0.3 is 4.74 Å². The molecule has 0 aromatic heterocycles. The number of halogens is 2. The number of carbonyl (C=O) groups excluding carboxylic acids is 3. The summed E-state index contributed by atoms with van der Waals surface area (Å²) < 4.78 is 5.26. The minimum Gasteiger partial charge on any atom is -0.462 e. The lowest BCUT2D eigenvalue weighted by atomic mass is 9.81. The van der Waals surface area contributed by atoms with Gasteiger partial charge in [-0.2, -0.15) is 0 Å². The van der Waals surface area contributed by atoms with Crippen LogP contribution in [-0.2, 0) is 14.3 Å². The van der Waals surface area contributed by atoms with Gasteiger partial charge in [-0.1, -0.05) is 51.6 Å². The zero-order valence-electron chi connectivity index (χ0n) is 15.6. The molecule has 5 nitrogen and oxygen atoms in total. The highest BCUT2D eigenvalue weighted by atomic mass is 79.9. The maximum absolute atomic E-state index is 13.0. The van der Waals surface area contributed by atoms with E-state index in [0.29, 0.717) is 17.9 Å². The van der Waals surface area contributed by atoms with Crippen LogP contribution in [-0.4, -0.2) is 34.0 Å². The van der Waals surface area contributed by atoms with Gasteiger partial charge in [0.1, 0.15) is 0 Å². The summed E-state index contributed by atoms with van der Waals surface area (Å²) in [5.41, 5.74) is 0.962. The molecule has 1 saturated heterocycles. The fourth-order valence-corrected chi connectivity index (χ4v) is 6.82. The van der Waals surface area contributed by atoms with Crippen molar-refractivity contribution in [1.29, 1.82) is 0 Å². The van der Waals surface area contributed by atoms with Gasteiger partial charge in [0.15, 0.2) is 0 Å². The van der Waals surface area contributed by atoms with Crippen LogP contribution < -0.4 is 4.90 Å². The Kier molecular flexibility index (Phi) is 5.67. The van der Waals surface area contributed by atoms with E-state index < -0.39 is 0 Å². The van der Waals surface area contributed by atoms with Crippen LogP contribution in [0.5, 0.6) is 0 Å². The lowest BCUT2D eigenvalue weighted by molar-refractivity contribution is -0.123. The number of alkyl halides is 2. The number of fused-ring (bicyclic) bond motifs is 5. The summed E-state index contributed by atoms with van der Waals surface area (Å²) >= 11 is 7.39. The summed E-state index contributed by atoms with van der Waals surface area (Å²) in [5, 5.41) is 0. The van der Waals surface area contributed by atoms with Crippen molar-refractivity contribution in [2.24, 2.45) is 23.7 Å². The molecule has 28 heavy (non-hydrogen) atoms. The Hall–Kier alpha value is -1.21. The van der Waals surface area contributed by atoms with Crippen molar-refractivity contribution in [2.45, 2.75) is 42.3 Å². The summed E-state index contributed by atoms with van der Waals surface area (Å²) in [4.78, 5) is 40.0. The van der Waals surface area contributed by atoms with E-state index in [-0.39, 0.29) is 51.1 Å². The molecular formula is C21H23Br2NO4. The molecule has 0 spiro atoms. The largest absolute Gasteiger partial charge is 0.462 e.